The summed E-state index contributed by atoms with van der Waals surface area (Å²) in [6.45, 7) is 4.80. The monoisotopic (exact) mass is 280 g/mol. The second-order valence-corrected chi connectivity index (χ2v) is 7.13. The van der Waals surface area contributed by atoms with Gasteiger partial charge in [0.1, 0.15) is 0 Å². The van der Waals surface area contributed by atoms with Crippen LogP contribution in [0.1, 0.15) is 33.1 Å². The summed E-state index contributed by atoms with van der Waals surface area (Å²) in [4.78, 5) is 0. The largest absolute Gasteiger partial charge is 0.396 e. The van der Waals surface area contributed by atoms with Crippen molar-refractivity contribution in [1.82, 2.24) is 9.03 Å². The Balaban J connectivity index is 2.54. The van der Waals surface area contributed by atoms with Crippen molar-refractivity contribution in [3.63, 3.8) is 0 Å². The van der Waals surface area contributed by atoms with Crippen LogP contribution in [0, 0.1) is 0 Å². The van der Waals surface area contributed by atoms with Crippen molar-refractivity contribution in [3.05, 3.63) is 0 Å². The summed E-state index contributed by atoms with van der Waals surface area (Å²) in [7, 11) is -1.95. The van der Waals surface area contributed by atoms with E-state index >= 15 is 0 Å². The highest BCUT2D eigenvalue weighted by Gasteiger charge is 2.32. The lowest BCUT2D eigenvalue weighted by atomic mass is 9.95. The maximum atomic E-state index is 12.0. The number of nitrogens with one attached hydrogen (secondary N) is 1. The normalized spacial score (nSPS) is 24.4. The molecule has 1 heterocycles. The third-order valence-corrected chi connectivity index (χ3v) is 4.69. The number of ether oxygens (including phenoxy) is 1. The maximum Gasteiger partial charge on any atom is 0.279 e. The summed E-state index contributed by atoms with van der Waals surface area (Å²) in [6.07, 6.45) is 1.80. The molecule has 0 aliphatic carbocycles. The summed E-state index contributed by atoms with van der Waals surface area (Å²) in [5, 5.41) is 8.71. The van der Waals surface area contributed by atoms with Gasteiger partial charge in [-0.25, -0.2) is 0 Å². The second kappa shape index (κ2) is 6.29. The van der Waals surface area contributed by atoms with Gasteiger partial charge in [0.15, 0.2) is 0 Å². The van der Waals surface area contributed by atoms with Gasteiger partial charge in [-0.15, -0.1) is 0 Å². The van der Waals surface area contributed by atoms with Crippen molar-refractivity contribution in [3.8, 4) is 0 Å². The van der Waals surface area contributed by atoms with Crippen LogP contribution in [0.2, 0.25) is 0 Å². The van der Waals surface area contributed by atoms with Gasteiger partial charge in [0, 0.05) is 32.8 Å². The summed E-state index contributed by atoms with van der Waals surface area (Å²) in [6, 6.07) is -0.0877. The molecule has 108 valence electrons. The van der Waals surface area contributed by atoms with Gasteiger partial charge in [-0.3, -0.25) is 0 Å². The Hall–Kier alpha value is -0.210. The molecule has 0 aromatic rings. The highest BCUT2D eigenvalue weighted by atomic mass is 32.2. The van der Waals surface area contributed by atoms with E-state index in [0.717, 1.165) is 0 Å². The van der Waals surface area contributed by atoms with E-state index in [9.17, 15) is 8.42 Å². The fourth-order valence-corrected chi connectivity index (χ4v) is 3.22. The van der Waals surface area contributed by atoms with Crippen molar-refractivity contribution in [2.24, 2.45) is 0 Å². The van der Waals surface area contributed by atoms with Crippen LogP contribution >= 0.6 is 0 Å². The molecule has 1 unspecified atom stereocenters. The van der Waals surface area contributed by atoms with Crippen LogP contribution in [-0.2, 0) is 14.9 Å². The Morgan fingerprint density at radius 2 is 2.17 bits per heavy atom. The molecular formula is C11H24N2O4S. The first-order valence-corrected chi connectivity index (χ1v) is 7.69. The molecule has 0 radical (unpaired) electrons. The minimum atomic E-state index is -3.47. The van der Waals surface area contributed by atoms with Gasteiger partial charge in [0.2, 0.25) is 0 Å². The number of aliphatic hydroxyl groups excluding tert-OH is 1. The van der Waals surface area contributed by atoms with E-state index in [1.165, 1.54) is 11.4 Å². The SMILES string of the molecule is CN(CCCO)S(=O)(=O)NC1CCOC(C)(C)C1. The molecule has 7 heteroatoms. The van der Waals surface area contributed by atoms with Crippen molar-refractivity contribution in [2.45, 2.75) is 44.8 Å². The van der Waals surface area contributed by atoms with Crippen LogP contribution in [-0.4, -0.2) is 56.3 Å². The molecule has 0 saturated carbocycles. The van der Waals surface area contributed by atoms with Gasteiger partial charge in [0.25, 0.3) is 10.2 Å². The Kier molecular flexibility index (Phi) is 5.54. The maximum absolute atomic E-state index is 12.0. The standard InChI is InChI=1S/C11H24N2O4S/c1-11(2)9-10(5-8-17-11)12-18(15,16)13(3)6-4-7-14/h10,12,14H,4-9H2,1-3H3. The predicted octanol–water partition coefficient (Wildman–Crippen LogP) is 0.0926. The average molecular weight is 280 g/mol. The Morgan fingerprint density at radius 1 is 1.50 bits per heavy atom. The van der Waals surface area contributed by atoms with E-state index in [-0.39, 0.29) is 18.2 Å². The van der Waals surface area contributed by atoms with Crippen LogP contribution in [0.5, 0.6) is 0 Å². The Bertz CT molecular complexity index is 356. The molecule has 6 nitrogen and oxygen atoms in total. The molecule has 1 rings (SSSR count). The molecule has 0 aromatic carbocycles. The molecule has 1 aliphatic rings. The van der Waals surface area contributed by atoms with Crippen LogP contribution in [0.4, 0.5) is 0 Å². The lowest BCUT2D eigenvalue weighted by molar-refractivity contribution is -0.0600. The van der Waals surface area contributed by atoms with Gasteiger partial charge in [-0.05, 0) is 33.1 Å². The molecule has 1 atom stereocenters. The van der Waals surface area contributed by atoms with E-state index in [1.807, 2.05) is 13.8 Å². The van der Waals surface area contributed by atoms with Gasteiger partial charge >= 0.3 is 0 Å². The summed E-state index contributed by atoms with van der Waals surface area (Å²) < 4.78 is 33.5. The van der Waals surface area contributed by atoms with Crippen LogP contribution < -0.4 is 4.72 Å². The smallest absolute Gasteiger partial charge is 0.279 e. The van der Waals surface area contributed by atoms with Gasteiger partial charge in [-0.1, -0.05) is 0 Å². The van der Waals surface area contributed by atoms with Gasteiger partial charge in [0.05, 0.1) is 5.60 Å². The number of aliphatic hydroxyl groups is 1. The Morgan fingerprint density at radius 3 is 2.72 bits per heavy atom. The molecule has 0 spiro atoms. The minimum absolute atomic E-state index is 0.00976. The molecule has 1 fully saturated rings. The van der Waals surface area contributed by atoms with Crippen LogP contribution in [0.25, 0.3) is 0 Å². The number of hydrogen-bond acceptors (Lipinski definition) is 4. The lowest BCUT2D eigenvalue weighted by Crippen LogP contribution is -2.49. The molecule has 2 N–H and O–H groups in total. The Labute approximate surface area is 109 Å². The summed E-state index contributed by atoms with van der Waals surface area (Å²) >= 11 is 0. The zero-order valence-corrected chi connectivity index (χ0v) is 12.2. The average Bonchev–Trinajstić information content (AvgIpc) is 2.23. The van der Waals surface area contributed by atoms with Gasteiger partial charge < -0.3 is 9.84 Å². The fraction of sp³-hybridized carbons (Fsp3) is 1.00. The minimum Gasteiger partial charge on any atom is -0.396 e. The molecule has 1 aliphatic heterocycles. The molecule has 0 amide bonds. The third kappa shape index (κ3) is 4.81. The first kappa shape index (κ1) is 15.8. The van der Waals surface area contributed by atoms with E-state index in [2.05, 4.69) is 4.72 Å². The highest BCUT2D eigenvalue weighted by Crippen LogP contribution is 2.24. The first-order valence-electron chi connectivity index (χ1n) is 6.25. The topological polar surface area (TPSA) is 78.9 Å². The van der Waals surface area contributed by atoms with E-state index in [1.54, 1.807) is 0 Å². The number of rotatable bonds is 6. The van der Waals surface area contributed by atoms with E-state index in [0.29, 0.717) is 32.4 Å². The van der Waals surface area contributed by atoms with Crippen molar-refractivity contribution < 1.29 is 18.3 Å². The highest BCUT2D eigenvalue weighted by molar-refractivity contribution is 7.87. The predicted molar refractivity (Wildman–Crippen MR) is 69.4 cm³/mol. The zero-order valence-electron chi connectivity index (χ0n) is 11.3. The summed E-state index contributed by atoms with van der Waals surface area (Å²) in [5.41, 5.74) is -0.283. The molecular weight excluding hydrogens is 256 g/mol. The fourth-order valence-electron chi connectivity index (χ4n) is 2.05. The van der Waals surface area contributed by atoms with Crippen molar-refractivity contribution >= 4 is 10.2 Å². The molecule has 1 saturated heterocycles. The quantitative estimate of drug-likeness (QED) is 0.723. The molecule has 0 aromatic heterocycles. The number of hydrogen-bond donors (Lipinski definition) is 2. The van der Waals surface area contributed by atoms with Gasteiger partial charge in [-0.2, -0.15) is 17.4 Å². The first-order chi connectivity index (χ1) is 8.27. The zero-order chi connectivity index (χ0) is 13.8. The molecule has 18 heavy (non-hydrogen) atoms. The van der Waals surface area contributed by atoms with Crippen LogP contribution in [0.3, 0.4) is 0 Å². The van der Waals surface area contributed by atoms with Crippen molar-refractivity contribution in [1.29, 1.82) is 0 Å². The number of nitrogens with zero attached hydrogens (tertiary/aromatic N) is 1. The summed E-state index contributed by atoms with van der Waals surface area (Å²) in [5.74, 6) is 0. The van der Waals surface area contributed by atoms with E-state index < -0.39 is 10.2 Å². The third-order valence-electron chi connectivity index (χ3n) is 3.05. The second-order valence-electron chi connectivity index (χ2n) is 5.32. The van der Waals surface area contributed by atoms with E-state index in [4.69, 9.17) is 9.84 Å². The molecule has 0 bridgehead atoms. The lowest BCUT2D eigenvalue weighted by Gasteiger charge is -2.36. The van der Waals surface area contributed by atoms with Crippen molar-refractivity contribution in [2.75, 3.05) is 26.8 Å². The van der Waals surface area contributed by atoms with Crippen LogP contribution in [0.15, 0.2) is 0 Å².